The van der Waals surface area contributed by atoms with Crippen LogP contribution >= 0.6 is 23.2 Å². The van der Waals surface area contributed by atoms with Crippen molar-refractivity contribution >= 4 is 23.2 Å². The van der Waals surface area contributed by atoms with Gasteiger partial charge < -0.3 is 5.32 Å². The van der Waals surface area contributed by atoms with Gasteiger partial charge in [-0.15, -0.1) is 11.6 Å². The van der Waals surface area contributed by atoms with E-state index in [2.05, 4.69) is 26.1 Å². The minimum atomic E-state index is -0.270. The van der Waals surface area contributed by atoms with Crippen LogP contribution in [0.2, 0.25) is 5.02 Å². The minimum Gasteiger partial charge on any atom is -0.309 e. The number of benzene rings is 1. The van der Waals surface area contributed by atoms with Gasteiger partial charge in [0.2, 0.25) is 0 Å². The number of hydrogen-bond acceptors (Lipinski definition) is 1. The number of rotatable bonds is 5. The molecule has 0 saturated carbocycles. The maximum atomic E-state index is 13.6. The van der Waals surface area contributed by atoms with Gasteiger partial charge in [-0.05, 0) is 24.0 Å². The summed E-state index contributed by atoms with van der Waals surface area (Å²) in [6.45, 7) is 6.93. The van der Waals surface area contributed by atoms with E-state index in [1.165, 1.54) is 6.07 Å². The first kappa shape index (κ1) is 15.7. The standard InChI is InChI=1S/C14H20Cl2FN/c1-14(2,3)13(6-7-15)18-9-10-4-5-11(16)8-12(10)17/h4-5,8,13,18H,6-7,9H2,1-3H3. The molecule has 0 fully saturated rings. The van der Waals surface area contributed by atoms with Crippen LogP contribution in [0.4, 0.5) is 4.39 Å². The molecule has 1 atom stereocenters. The van der Waals surface area contributed by atoms with E-state index in [0.717, 1.165) is 6.42 Å². The summed E-state index contributed by atoms with van der Waals surface area (Å²) in [7, 11) is 0. The van der Waals surface area contributed by atoms with E-state index < -0.39 is 0 Å². The third-order valence-electron chi connectivity index (χ3n) is 3.00. The molecule has 0 radical (unpaired) electrons. The maximum Gasteiger partial charge on any atom is 0.129 e. The first-order valence-electron chi connectivity index (χ1n) is 6.08. The summed E-state index contributed by atoms with van der Waals surface area (Å²) in [5, 5.41) is 3.79. The molecule has 102 valence electrons. The SMILES string of the molecule is CC(C)(C)C(CCCl)NCc1ccc(Cl)cc1F. The summed E-state index contributed by atoms with van der Waals surface area (Å²) < 4.78 is 13.6. The lowest BCUT2D eigenvalue weighted by Gasteiger charge is -2.31. The molecule has 0 aliphatic rings. The molecule has 18 heavy (non-hydrogen) atoms. The average Bonchev–Trinajstić information content (AvgIpc) is 2.24. The van der Waals surface area contributed by atoms with Gasteiger partial charge in [0.25, 0.3) is 0 Å². The zero-order chi connectivity index (χ0) is 13.8. The summed E-state index contributed by atoms with van der Waals surface area (Å²) in [5.41, 5.74) is 0.723. The van der Waals surface area contributed by atoms with Crippen LogP contribution in [-0.2, 0) is 6.54 Å². The first-order valence-corrected chi connectivity index (χ1v) is 6.99. The highest BCUT2D eigenvalue weighted by Gasteiger charge is 2.23. The number of halogens is 3. The Hall–Kier alpha value is -0.310. The Morgan fingerprint density at radius 2 is 2.00 bits per heavy atom. The van der Waals surface area contributed by atoms with Crippen molar-refractivity contribution in [3.63, 3.8) is 0 Å². The van der Waals surface area contributed by atoms with E-state index in [9.17, 15) is 4.39 Å². The third-order valence-corrected chi connectivity index (χ3v) is 3.45. The fraction of sp³-hybridized carbons (Fsp3) is 0.571. The fourth-order valence-corrected chi connectivity index (χ4v) is 2.23. The number of alkyl halides is 1. The van der Waals surface area contributed by atoms with Crippen LogP contribution in [0.5, 0.6) is 0 Å². The summed E-state index contributed by atoms with van der Waals surface area (Å²) >= 11 is 11.5. The Kier molecular flexibility index (Phi) is 5.90. The molecule has 1 nitrogen and oxygen atoms in total. The van der Waals surface area contributed by atoms with E-state index in [0.29, 0.717) is 23.0 Å². The van der Waals surface area contributed by atoms with Crippen LogP contribution in [0.15, 0.2) is 18.2 Å². The third kappa shape index (κ3) is 4.75. The molecule has 0 aromatic heterocycles. The summed E-state index contributed by atoms with van der Waals surface area (Å²) in [6, 6.07) is 5.01. The normalized spacial score (nSPS) is 13.7. The van der Waals surface area contributed by atoms with Gasteiger partial charge in [0.15, 0.2) is 0 Å². The van der Waals surface area contributed by atoms with E-state index in [1.807, 2.05) is 0 Å². The second kappa shape index (κ2) is 6.74. The van der Waals surface area contributed by atoms with Crippen molar-refractivity contribution in [1.29, 1.82) is 0 Å². The van der Waals surface area contributed by atoms with Gasteiger partial charge in [-0.3, -0.25) is 0 Å². The minimum absolute atomic E-state index is 0.0950. The van der Waals surface area contributed by atoms with Crippen molar-refractivity contribution in [1.82, 2.24) is 5.32 Å². The van der Waals surface area contributed by atoms with Gasteiger partial charge in [-0.1, -0.05) is 38.4 Å². The quantitative estimate of drug-likeness (QED) is 0.781. The number of hydrogen-bond donors (Lipinski definition) is 1. The largest absolute Gasteiger partial charge is 0.309 e. The molecule has 0 bridgehead atoms. The van der Waals surface area contributed by atoms with Gasteiger partial charge >= 0.3 is 0 Å². The Labute approximate surface area is 119 Å². The van der Waals surface area contributed by atoms with Crippen molar-refractivity contribution < 1.29 is 4.39 Å². The van der Waals surface area contributed by atoms with Crippen molar-refractivity contribution in [2.45, 2.75) is 39.8 Å². The molecule has 1 N–H and O–H groups in total. The van der Waals surface area contributed by atoms with E-state index >= 15 is 0 Å². The molecule has 4 heteroatoms. The molecule has 1 unspecified atom stereocenters. The summed E-state index contributed by atoms with van der Waals surface area (Å²) in [4.78, 5) is 0. The lowest BCUT2D eigenvalue weighted by molar-refractivity contribution is 0.259. The Balaban J connectivity index is 2.67. The maximum absolute atomic E-state index is 13.6. The molecule has 0 aliphatic heterocycles. The van der Waals surface area contributed by atoms with Gasteiger partial charge in [0, 0.05) is 29.1 Å². The highest BCUT2D eigenvalue weighted by molar-refractivity contribution is 6.30. The van der Waals surface area contributed by atoms with E-state index in [4.69, 9.17) is 23.2 Å². The van der Waals surface area contributed by atoms with Crippen LogP contribution in [-0.4, -0.2) is 11.9 Å². The first-order chi connectivity index (χ1) is 8.34. The second-order valence-corrected chi connectivity index (χ2v) is 6.33. The van der Waals surface area contributed by atoms with E-state index in [-0.39, 0.29) is 17.3 Å². The molecule has 1 rings (SSSR count). The second-order valence-electron chi connectivity index (χ2n) is 5.51. The van der Waals surface area contributed by atoms with E-state index in [1.54, 1.807) is 12.1 Å². The Morgan fingerprint density at radius 1 is 1.33 bits per heavy atom. The fourth-order valence-electron chi connectivity index (χ4n) is 1.85. The summed E-state index contributed by atoms with van der Waals surface area (Å²) in [6.07, 6.45) is 0.861. The average molecular weight is 292 g/mol. The van der Waals surface area contributed by atoms with Crippen LogP contribution < -0.4 is 5.32 Å². The zero-order valence-electron chi connectivity index (χ0n) is 11.1. The molecule has 1 aromatic rings. The lowest BCUT2D eigenvalue weighted by Crippen LogP contribution is -2.40. The van der Waals surface area contributed by atoms with Crippen LogP contribution in [0.1, 0.15) is 32.8 Å². The molecule has 0 heterocycles. The Bertz CT molecular complexity index is 388. The summed E-state index contributed by atoms with van der Waals surface area (Å²) in [5.74, 6) is 0.325. The molecule has 1 aromatic carbocycles. The van der Waals surface area contributed by atoms with Gasteiger partial charge in [-0.25, -0.2) is 4.39 Å². The predicted octanol–water partition coefficient (Wildman–Crippen LogP) is 4.61. The molecule has 0 amide bonds. The Morgan fingerprint density at radius 3 is 2.50 bits per heavy atom. The molecule has 0 aliphatic carbocycles. The predicted molar refractivity (Wildman–Crippen MR) is 76.8 cm³/mol. The van der Waals surface area contributed by atoms with Crippen molar-refractivity contribution in [3.05, 3.63) is 34.6 Å². The van der Waals surface area contributed by atoms with Crippen molar-refractivity contribution in [2.75, 3.05) is 5.88 Å². The lowest BCUT2D eigenvalue weighted by atomic mass is 9.85. The molecule has 0 saturated heterocycles. The van der Waals surface area contributed by atoms with Gasteiger partial charge in [0.05, 0.1) is 0 Å². The smallest absolute Gasteiger partial charge is 0.129 e. The van der Waals surface area contributed by atoms with Crippen LogP contribution in [0.25, 0.3) is 0 Å². The van der Waals surface area contributed by atoms with Crippen molar-refractivity contribution in [3.8, 4) is 0 Å². The molecule has 0 spiro atoms. The monoisotopic (exact) mass is 291 g/mol. The highest BCUT2D eigenvalue weighted by Crippen LogP contribution is 2.23. The molecular weight excluding hydrogens is 272 g/mol. The van der Waals surface area contributed by atoms with Gasteiger partial charge in [-0.2, -0.15) is 0 Å². The highest BCUT2D eigenvalue weighted by atomic mass is 35.5. The van der Waals surface area contributed by atoms with Crippen LogP contribution in [0, 0.1) is 11.2 Å². The topological polar surface area (TPSA) is 12.0 Å². The van der Waals surface area contributed by atoms with Crippen molar-refractivity contribution in [2.24, 2.45) is 5.41 Å². The number of nitrogens with one attached hydrogen (secondary N) is 1. The molecular formula is C14H20Cl2FN. The zero-order valence-corrected chi connectivity index (χ0v) is 12.6. The van der Waals surface area contributed by atoms with Gasteiger partial charge in [0.1, 0.15) is 5.82 Å². The van der Waals surface area contributed by atoms with Crippen LogP contribution in [0.3, 0.4) is 0 Å².